The largest absolute Gasteiger partial charge is 0.466 e. The molecule has 0 fully saturated rings. The molecule has 0 bridgehead atoms. The lowest BCUT2D eigenvalue weighted by atomic mass is 9.89. The summed E-state index contributed by atoms with van der Waals surface area (Å²) in [6, 6.07) is 0. The molecule has 0 aliphatic heterocycles. The van der Waals surface area contributed by atoms with Crippen LogP contribution in [0.4, 0.5) is 0 Å². The first-order valence-electron chi connectivity index (χ1n) is 13.5. The van der Waals surface area contributed by atoms with Crippen LogP contribution in [0.5, 0.6) is 0 Å². The third-order valence-corrected chi connectivity index (χ3v) is 6.00. The van der Waals surface area contributed by atoms with Crippen LogP contribution >= 0.6 is 0 Å². The van der Waals surface area contributed by atoms with Crippen molar-refractivity contribution in [3.8, 4) is 0 Å². The highest BCUT2D eigenvalue weighted by atomic mass is 16.5. The van der Waals surface area contributed by atoms with E-state index in [0.29, 0.717) is 18.4 Å². The van der Waals surface area contributed by atoms with E-state index in [1.165, 1.54) is 103 Å². The molecule has 0 radical (unpaired) electrons. The van der Waals surface area contributed by atoms with Crippen LogP contribution in [-0.4, -0.2) is 12.6 Å². The number of unbranched alkanes of at least 4 members (excludes halogenated alkanes) is 14. The van der Waals surface area contributed by atoms with E-state index in [0.717, 1.165) is 18.8 Å². The Hall–Kier alpha value is -0.530. The van der Waals surface area contributed by atoms with Crippen molar-refractivity contribution in [2.75, 3.05) is 6.61 Å². The Balaban J connectivity index is 3.19. The lowest BCUT2D eigenvalue weighted by molar-refractivity contribution is -0.143. The van der Waals surface area contributed by atoms with Gasteiger partial charge in [-0.05, 0) is 30.6 Å². The normalized spacial score (nSPS) is 11.9. The van der Waals surface area contributed by atoms with Crippen LogP contribution in [0.1, 0.15) is 157 Å². The summed E-state index contributed by atoms with van der Waals surface area (Å²) in [5, 5.41) is 0. The van der Waals surface area contributed by atoms with E-state index in [4.69, 9.17) is 4.74 Å². The molecule has 0 aliphatic carbocycles. The molecule has 0 saturated heterocycles. The molecule has 0 unspecified atom stereocenters. The SMILES string of the molecule is CC(C)CCCCCCCCCCCCCCC(=O)OCCCCCCC(C)(C)C. The molecule has 0 aromatic rings. The van der Waals surface area contributed by atoms with Gasteiger partial charge in [-0.2, -0.15) is 0 Å². The molecule has 0 saturated carbocycles. The van der Waals surface area contributed by atoms with Crippen molar-refractivity contribution < 1.29 is 9.53 Å². The lowest BCUT2D eigenvalue weighted by Crippen LogP contribution is -2.06. The van der Waals surface area contributed by atoms with Gasteiger partial charge in [-0.25, -0.2) is 0 Å². The van der Waals surface area contributed by atoms with E-state index < -0.39 is 0 Å². The molecule has 0 amide bonds. The van der Waals surface area contributed by atoms with Crippen LogP contribution in [0, 0.1) is 11.3 Å². The van der Waals surface area contributed by atoms with Crippen LogP contribution in [-0.2, 0) is 9.53 Å². The lowest BCUT2D eigenvalue weighted by Gasteiger charge is -2.17. The zero-order valence-corrected chi connectivity index (χ0v) is 21.5. The number of hydrogen-bond acceptors (Lipinski definition) is 2. The molecule has 0 heterocycles. The standard InChI is InChI=1S/C28H56O2/c1-26(2)22-18-14-12-10-8-6-7-9-11-13-15-19-23-27(29)30-25-21-17-16-20-24-28(3,4)5/h26H,6-25H2,1-5H3. The summed E-state index contributed by atoms with van der Waals surface area (Å²) in [5.41, 5.74) is 0.444. The Morgan fingerprint density at radius 1 is 0.633 bits per heavy atom. The van der Waals surface area contributed by atoms with Gasteiger partial charge in [0, 0.05) is 6.42 Å². The van der Waals surface area contributed by atoms with E-state index in [2.05, 4.69) is 34.6 Å². The molecule has 2 heteroatoms. The van der Waals surface area contributed by atoms with E-state index in [1.54, 1.807) is 0 Å². The first-order valence-corrected chi connectivity index (χ1v) is 13.5. The van der Waals surface area contributed by atoms with E-state index in [-0.39, 0.29) is 5.97 Å². The molecular formula is C28H56O2. The van der Waals surface area contributed by atoms with Gasteiger partial charge in [-0.1, -0.05) is 131 Å². The highest BCUT2D eigenvalue weighted by Crippen LogP contribution is 2.22. The van der Waals surface area contributed by atoms with Crippen LogP contribution in [0.15, 0.2) is 0 Å². The fourth-order valence-corrected chi connectivity index (χ4v) is 3.96. The van der Waals surface area contributed by atoms with E-state index in [9.17, 15) is 4.79 Å². The van der Waals surface area contributed by atoms with Crippen LogP contribution in [0.2, 0.25) is 0 Å². The number of rotatable bonds is 21. The highest BCUT2D eigenvalue weighted by molar-refractivity contribution is 5.69. The minimum absolute atomic E-state index is 0.0121. The average molecular weight is 425 g/mol. The predicted molar refractivity (Wildman–Crippen MR) is 133 cm³/mol. The molecule has 2 nitrogen and oxygen atoms in total. The first kappa shape index (κ1) is 29.5. The second kappa shape index (κ2) is 20.4. The summed E-state index contributed by atoms with van der Waals surface area (Å²) in [6.07, 6.45) is 24.1. The summed E-state index contributed by atoms with van der Waals surface area (Å²) in [5.74, 6) is 0.881. The second-order valence-electron chi connectivity index (χ2n) is 11.1. The quantitative estimate of drug-likeness (QED) is 0.135. The number of carbonyl (C=O) groups is 1. The summed E-state index contributed by atoms with van der Waals surface area (Å²) >= 11 is 0. The number of hydrogen-bond donors (Lipinski definition) is 0. The van der Waals surface area contributed by atoms with Crippen molar-refractivity contribution in [1.29, 1.82) is 0 Å². The van der Waals surface area contributed by atoms with Crippen molar-refractivity contribution in [3.05, 3.63) is 0 Å². The Morgan fingerprint density at radius 3 is 1.57 bits per heavy atom. The van der Waals surface area contributed by atoms with Gasteiger partial charge in [0.25, 0.3) is 0 Å². The molecule has 0 spiro atoms. The molecule has 0 aromatic carbocycles. The minimum Gasteiger partial charge on any atom is -0.466 e. The average Bonchev–Trinajstić information content (AvgIpc) is 2.66. The number of carbonyl (C=O) groups excluding carboxylic acids is 1. The third kappa shape index (κ3) is 25.5. The summed E-state index contributed by atoms with van der Waals surface area (Å²) in [6.45, 7) is 12.2. The predicted octanol–water partition coefficient (Wildman–Crippen LogP) is 9.64. The fourth-order valence-electron chi connectivity index (χ4n) is 3.96. The second-order valence-corrected chi connectivity index (χ2v) is 11.1. The first-order chi connectivity index (χ1) is 14.3. The Bertz CT molecular complexity index is 367. The van der Waals surface area contributed by atoms with Gasteiger partial charge in [0.15, 0.2) is 0 Å². The maximum absolute atomic E-state index is 11.8. The van der Waals surface area contributed by atoms with Gasteiger partial charge in [0.1, 0.15) is 0 Å². The molecule has 180 valence electrons. The van der Waals surface area contributed by atoms with Gasteiger partial charge in [-0.15, -0.1) is 0 Å². The Kier molecular flexibility index (Phi) is 20.0. The molecule has 0 aromatic heterocycles. The Morgan fingerprint density at radius 2 is 1.07 bits per heavy atom. The van der Waals surface area contributed by atoms with Gasteiger partial charge in [0.2, 0.25) is 0 Å². The fraction of sp³-hybridized carbons (Fsp3) is 0.964. The topological polar surface area (TPSA) is 26.3 Å². The monoisotopic (exact) mass is 424 g/mol. The third-order valence-electron chi connectivity index (χ3n) is 6.00. The summed E-state index contributed by atoms with van der Waals surface area (Å²) in [4.78, 5) is 11.8. The molecule has 0 N–H and O–H groups in total. The number of esters is 1. The van der Waals surface area contributed by atoms with E-state index in [1.807, 2.05) is 0 Å². The van der Waals surface area contributed by atoms with Gasteiger partial charge in [0.05, 0.1) is 6.61 Å². The maximum atomic E-state index is 11.8. The molecule has 0 aliphatic rings. The molecular weight excluding hydrogens is 368 g/mol. The molecule has 0 atom stereocenters. The summed E-state index contributed by atoms with van der Waals surface area (Å²) < 4.78 is 5.37. The zero-order chi connectivity index (χ0) is 22.5. The van der Waals surface area contributed by atoms with Gasteiger partial charge >= 0.3 is 5.97 Å². The van der Waals surface area contributed by atoms with E-state index >= 15 is 0 Å². The van der Waals surface area contributed by atoms with Crippen molar-refractivity contribution in [1.82, 2.24) is 0 Å². The van der Waals surface area contributed by atoms with Gasteiger partial charge in [-0.3, -0.25) is 4.79 Å². The van der Waals surface area contributed by atoms with Crippen LogP contribution in [0.3, 0.4) is 0 Å². The van der Waals surface area contributed by atoms with Crippen molar-refractivity contribution in [2.24, 2.45) is 11.3 Å². The zero-order valence-electron chi connectivity index (χ0n) is 21.5. The van der Waals surface area contributed by atoms with Crippen molar-refractivity contribution in [3.63, 3.8) is 0 Å². The Labute approximate surface area is 190 Å². The molecule has 0 rings (SSSR count). The van der Waals surface area contributed by atoms with Crippen molar-refractivity contribution >= 4 is 5.97 Å². The maximum Gasteiger partial charge on any atom is 0.305 e. The van der Waals surface area contributed by atoms with Crippen molar-refractivity contribution in [2.45, 2.75) is 157 Å². The number of ether oxygens (including phenoxy) is 1. The smallest absolute Gasteiger partial charge is 0.305 e. The highest BCUT2D eigenvalue weighted by Gasteiger charge is 2.08. The minimum atomic E-state index is 0.0121. The summed E-state index contributed by atoms with van der Waals surface area (Å²) in [7, 11) is 0. The molecule has 30 heavy (non-hydrogen) atoms. The van der Waals surface area contributed by atoms with Crippen LogP contribution < -0.4 is 0 Å². The van der Waals surface area contributed by atoms with Crippen LogP contribution in [0.25, 0.3) is 0 Å². The van der Waals surface area contributed by atoms with Gasteiger partial charge < -0.3 is 4.74 Å².